The van der Waals surface area contributed by atoms with Gasteiger partial charge in [0.05, 0.1) is 17.2 Å². The van der Waals surface area contributed by atoms with E-state index in [0.29, 0.717) is 11.6 Å². The monoisotopic (exact) mass is 227 g/mol. The van der Waals surface area contributed by atoms with E-state index in [1.807, 2.05) is 24.3 Å². The fourth-order valence-corrected chi connectivity index (χ4v) is 1.72. The number of aromatic nitrogens is 2. The molecule has 0 spiro atoms. The number of para-hydroxylation sites is 2. The van der Waals surface area contributed by atoms with Gasteiger partial charge in [-0.15, -0.1) is 0 Å². The van der Waals surface area contributed by atoms with Crippen LogP contribution in [0.4, 0.5) is 0 Å². The number of carbonyl (C=O) groups is 1. The van der Waals surface area contributed by atoms with E-state index in [1.165, 1.54) is 19.0 Å². The van der Waals surface area contributed by atoms with Gasteiger partial charge in [0.1, 0.15) is 5.69 Å². The molecule has 17 heavy (non-hydrogen) atoms. The molecule has 1 saturated carbocycles. The van der Waals surface area contributed by atoms with Crippen LogP contribution in [-0.2, 0) is 0 Å². The Kier molecular flexibility index (Phi) is 2.48. The van der Waals surface area contributed by atoms with E-state index in [1.54, 1.807) is 0 Å². The summed E-state index contributed by atoms with van der Waals surface area (Å²) in [6.45, 7) is 0.757. The number of hydrogen-bond acceptors (Lipinski definition) is 3. The SMILES string of the molecule is O=C(NCC1CC1)c1cnc2ccccc2n1. The zero-order valence-corrected chi connectivity index (χ0v) is 9.39. The molecule has 86 valence electrons. The summed E-state index contributed by atoms with van der Waals surface area (Å²) >= 11 is 0. The molecule has 1 aliphatic carbocycles. The summed E-state index contributed by atoms with van der Waals surface area (Å²) in [4.78, 5) is 20.3. The summed E-state index contributed by atoms with van der Waals surface area (Å²) in [5, 5.41) is 2.88. The van der Waals surface area contributed by atoms with Crippen molar-refractivity contribution in [2.24, 2.45) is 5.92 Å². The molecule has 1 aliphatic rings. The molecule has 0 bridgehead atoms. The minimum Gasteiger partial charge on any atom is -0.350 e. The molecule has 1 aromatic carbocycles. The van der Waals surface area contributed by atoms with E-state index in [0.717, 1.165) is 17.6 Å². The Balaban J connectivity index is 1.81. The summed E-state index contributed by atoms with van der Waals surface area (Å²) in [5.41, 5.74) is 1.96. The third-order valence-electron chi connectivity index (χ3n) is 2.93. The van der Waals surface area contributed by atoms with Gasteiger partial charge in [-0.2, -0.15) is 0 Å². The first-order valence-corrected chi connectivity index (χ1v) is 5.83. The molecule has 1 fully saturated rings. The van der Waals surface area contributed by atoms with Crippen molar-refractivity contribution in [3.63, 3.8) is 0 Å². The minimum atomic E-state index is -0.129. The van der Waals surface area contributed by atoms with Crippen molar-refractivity contribution in [2.75, 3.05) is 6.54 Å². The lowest BCUT2D eigenvalue weighted by atomic mass is 10.3. The summed E-state index contributed by atoms with van der Waals surface area (Å²) in [6.07, 6.45) is 3.98. The lowest BCUT2D eigenvalue weighted by Gasteiger charge is -2.03. The summed E-state index contributed by atoms with van der Waals surface area (Å²) in [6, 6.07) is 7.54. The maximum atomic E-state index is 11.8. The Morgan fingerprint density at radius 1 is 1.29 bits per heavy atom. The largest absolute Gasteiger partial charge is 0.350 e. The highest BCUT2D eigenvalue weighted by atomic mass is 16.1. The fourth-order valence-electron chi connectivity index (χ4n) is 1.72. The Hall–Kier alpha value is -1.97. The molecule has 0 radical (unpaired) electrons. The number of fused-ring (bicyclic) bond motifs is 1. The number of rotatable bonds is 3. The van der Waals surface area contributed by atoms with Crippen LogP contribution in [0.2, 0.25) is 0 Å². The molecule has 3 rings (SSSR count). The summed E-state index contributed by atoms with van der Waals surface area (Å²) in [7, 11) is 0. The van der Waals surface area contributed by atoms with Crippen molar-refractivity contribution < 1.29 is 4.79 Å². The number of benzene rings is 1. The topological polar surface area (TPSA) is 54.9 Å². The number of nitrogens with one attached hydrogen (secondary N) is 1. The van der Waals surface area contributed by atoms with E-state index < -0.39 is 0 Å². The van der Waals surface area contributed by atoms with Crippen LogP contribution in [0.5, 0.6) is 0 Å². The van der Waals surface area contributed by atoms with E-state index >= 15 is 0 Å². The van der Waals surface area contributed by atoms with Crippen LogP contribution >= 0.6 is 0 Å². The molecule has 1 N–H and O–H groups in total. The highest BCUT2D eigenvalue weighted by molar-refractivity contribution is 5.93. The third-order valence-corrected chi connectivity index (χ3v) is 2.93. The second-order valence-corrected chi connectivity index (χ2v) is 4.40. The van der Waals surface area contributed by atoms with E-state index in [2.05, 4.69) is 15.3 Å². The van der Waals surface area contributed by atoms with Crippen LogP contribution in [0.3, 0.4) is 0 Å². The van der Waals surface area contributed by atoms with Gasteiger partial charge in [0.2, 0.25) is 0 Å². The predicted octanol–water partition coefficient (Wildman–Crippen LogP) is 1.77. The first kappa shape index (κ1) is 10.2. The number of carbonyl (C=O) groups excluding carboxylic acids is 1. The summed E-state index contributed by atoms with van der Waals surface area (Å²) < 4.78 is 0. The molecule has 1 heterocycles. The van der Waals surface area contributed by atoms with Crippen LogP contribution < -0.4 is 5.32 Å². The normalized spacial score (nSPS) is 14.8. The Labute approximate surface area is 99.1 Å². The molecule has 0 saturated heterocycles. The van der Waals surface area contributed by atoms with Crippen LogP contribution in [0.1, 0.15) is 23.3 Å². The number of hydrogen-bond donors (Lipinski definition) is 1. The van der Waals surface area contributed by atoms with Gasteiger partial charge in [0, 0.05) is 6.54 Å². The van der Waals surface area contributed by atoms with Gasteiger partial charge in [0.25, 0.3) is 5.91 Å². The zero-order chi connectivity index (χ0) is 11.7. The van der Waals surface area contributed by atoms with Gasteiger partial charge in [0.15, 0.2) is 0 Å². The van der Waals surface area contributed by atoms with Crippen molar-refractivity contribution in [3.05, 3.63) is 36.2 Å². The molecular weight excluding hydrogens is 214 g/mol. The molecule has 2 aromatic rings. The number of amides is 1. The minimum absolute atomic E-state index is 0.129. The lowest BCUT2D eigenvalue weighted by Crippen LogP contribution is -2.26. The highest BCUT2D eigenvalue weighted by Crippen LogP contribution is 2.27. The number of nitrogens with zero attached hydrogens (tertiary/aromatic N) is 2. The van der Waals surface area contributed by atoms with Gasteiger partial charge in [-0.3, -0.25) is 9.78 Å². The predicted molar refractivity (Wildman–Crippen MR) is 64.6 cm³/mol. The van der Waals surface area contributed by atoms with E-state index in [4.69, 9.17) is 0 Å². The second-order valence-electron chi connectivity index (χ2n) is 4.40. The molecule has 0 atom stereocenters. The van der Waals surface area contributed by atoms with Gasteiger partial charge >= 0.3 is 0 Å². The standard InChI is InChI=1S/C13H13N3O/c17-13(15-7-9-5-6-9)12-8-14-10-3-1-2-4-11(10)16-12/h1-4,8-9H,5-7H2,(H,15,17). The van der Waals surface area contributed by atoms with Gasteiger partial charge < -0.3 is 5.32 Å². The van der Waals surface area contributed by atoms with Crippen molar-refractivity contribution in [1.29, 1.82) is 0 Å². The smallest absolute Gasteiger partial charge is 0.271 e. The Morgan fingerprint density at radius 3 is 2.82 bits per heavy atom. The summed E-state index contributed by atoms with van der Waals surface area (Å²) in [5.74, 6) is 0.544. The highest BCUT2D eigenvalue weighted by Gasteiger charge is 2.22. The quantitative estimate of drug-likeness (QED) is 0.869. The molecule has 4 heteroatoms. The van der Waals surface area contributed by atoms with Crippen LogP contribution in [0.25, 0.3) is 11.0 Å². The van der Waals surface area contributed by atoms with E-state index in [9.17, 15) is 4.79 Å². The maximum absolute atomic E-state index is 11.8. The molecule has 0 aliphatic heterocycles. The molecule has 0 unspecified atom stereocenters. The zero-order valence-electron chi connectivity index (χ0n) is 9.39. The van der Waals surface area contributed by atoms with Gasteiger partial charge in [-0.05, 0) is 30.9 Å². The third kappa shape index (κ3) is 2.25. The van der Waals surface area contributed by atoms with Crippen molar-refractivity contribution in [3.8, 4) is 0 Å². The van der Waals surface area contributed by atoms with Crippen LogP contribution in [0.15, 0.2) is 30.5 Å². The average Bonchev–Trinajstić information content (AvgIpc) is 3.19. The average molecular weight is 227 g/mol. The van der Waals surface area contributed by atoms with Crippen LogP contribution in [-0.4, -0.2) is 22.4 Å². The van der Waals surface area contributed by atoms with Crippen LogP contribution in [0, 0.1) is 5.92 Å². The molecular formula is C13H13N3O. The fraction of sp³-hybridized carbons (Fsp3) is 0.308. The molecule has 1 amide bonds. The van der Waals surface area contributed by atoms with Crippen molar-refractivity contribution in [1.82, 2.24) is 15.3 Å². The maximum Gasteiger partial charge on any atom is 0.271 e. The first-order chi connectivity index (χ1) is 8.33. The van der Waals surface area contributed by atoms with Crippen molar-refractivity contribution in [2.45, 2.75) is 12.8 Å². The lowest BCUT2D eigenvalue weighted by molar-refractivity contribution is 0.0947. The Bertz CT molecular complexity index is 563. The van der Waals surface area contributed by atoms with Crippen molar-refractivity contribution >= 4 is 16.9 Å². The molecule has 4 nitrogen and oxygen atoms in total. The van der Waals surface area contributed by atoms with E-state index in [-0.39, 0.29) is 5.91 Å². The Morgan fingerprint density at radius 2 is 2.06 bits per heavy atom. The second kappa shape index (κ2) is 4.13. The van der Waals surface area contributed by atoms with Gasteiger partial charge in [-0.1, -0.05) is 12.1 Å². The first-order valence-electron chi connectivity index (χ1n) is 5.83. The molecule has 1 aromatic heterocycles. The van der Waals surface area contributed by atoms with Gasteiger partial charge in [-0.25, -0.2) is 4.98 Å².